The average Bonchev–Trinajstić information content (AvgIpc) is 3.43. The second kappa shape index (κ2) is 10.2. The lowest BCUT2D eigenvalue weighted by Crippen LogP contribution is -2.65. The smallest absolute Gasteiger partial charge is 0.286 e. The van der Waals surface area contributed by atoms with Crippen molar-refractivity contribution in [3.63, 3.8) is 0 Å². The summed E-state index contributed by atoms with van der Waals surface area (Å²) in [4.78, 5) is 50.8. The van der Waals surface area contributed by atoms with E-state index in [1.54, 1.807) is 30.3 Å². The lowest BCUT2D eigenvalue weighted by atomic mass is 9.91. The number of hydrogen-bond donors (Lipinski definition) is 2. The van der Waals surface area contributed by atoms with E-state index in [0.717, 1.165) is 25.7 Å². The Balaban J connectivity index is 1.85. The Hall–Kier alpha value is -2.58. The summed E-state index contributed by atoms with van der Waals surface area (Å²) in [5, 5.41) is 12.7. The van der Waals surface area contributed by atoms with Gasteiger partial charge in [0.25, 0.3) is 5.91 Å². The van der Waals surface area contributed by atoms with Crippen molar-refractivity contribution in [2.24, 2.45) is 11.8 Å². The number of likely N-dealkylation sites (tertiary alicyclic amines) is 1. The summed E-state index contributed by atoms with van der Waals surface area (Å²) in [5.74, 6) is -1.20. The first-order valence-corrected chi connectivity index (χ1v) is 11.1. The number of imide groups is 2. The normalized spacial score (nSPS) is 24.5. The number of rotatable bonds is 7. The van der Waals surface area contributed by atoms with Gasteiger partial charge in [-0.15, -0.1) is 0 Å². The molecule has 1 aliphatic carbocycles. The molecule has 1 aliphatic heterocycles. The molecule has 0 bridgehead atoms. The van der Waals surface area contributed by atoms with Gasteiger partial charge in [0.05, 0.1) is 19.0 Å². The molecule has 0 radical (unpaired) electrons. The van der Waals surface area contributed by atoms with Crippen LogP contribution in [0.15, 0.2) is 30.3 Å². The van der Waals surface area contributed by atoms with Crippen LogP contribution in [0.1, 0.15) is 62.2 Å². The van der Waals surface area contributed by atoms with Gasteiger partial charge in [0.15, 0.2) is 0 Å². The van der Waals surface area contributed by atoms with Gasteiger partial charge in [0.2, 0.25) is 6.41 Å². The second-order valence-corrected chi connectivity index (χ2v) is 8.86. The zero-order chi connectivity index (χ0) is 22.4. The van der Waals surface area contributed by atoms with Crippen molar-refractivity contribution in [1.82, 2.24) is 10.4 Å². The van der Waals surface area contributed by atoms with E-state index in [4.69, 9.17) is 0 Å². The van der Waals surface area contributed by atoms with Crippen molar-refractivity contribution in [2.75, 3.05) is 13.1 Å². The van der Waals surface area contributed by atoms with Gasteiger partial charge in [-0.1, -0.05) is 43.9 Å². The van der Waals surface area contributed by atoms with E-state index in [2.05, 4.69) is 5.32 Å². The highest BCUT2D eigenvalue weighted by Crippen LogP contribution is 2.35. The third-order valence-corrected chi connectivity index (χ3v) is 6.87. The summed E-state index contributed by atoms with van der Waals surface area (Å²) >= 11 is 0. The first kappa shape index (κ1) is 23.1. The minimum Gasteiger partial charge on any atom is -0.286 e. The summed E-state index contributed by atoms with van der Waals surface area (Å²) in [7, 11) is 0. The monoisotopic (exact) mass is 430 g/mol. The minimum absolute atomic E-state index is 0.147. The molecule has 168 valence electrons. The van der Waals surface area contributed by atoms with Crippen LogP contribution in [0.5, 0.6) is 0 Å². The Morgan fingerprint density at radius 2 is 1.84 bits per heavy atom. The number of urea groups is 1. The fraction of sp³-hybridized carbons (Fsp3) is 0.565. The third-order valence-electron chi connectivity index (χ3n) is 6.87. The van der Waals surface area contributed by atoms with E-state index in [9.17, 15) is 24.4 Å². The van der Waals surface area contributed by atoms with Gasteiger partial charge in [0, 0.05) is 18.4 Å². The largest absolute Gasteiger partial charge is 0.431 e. The first-order chi connectivity index (χ1) is 14.9. The van der Waals surface area contributed by atoms with E-state index >= 15 is 0 Å². The van der Waals surface area contributed by atoms with Crippen molar-refractivity contribution in [3.8, 4) is 0 Å². The SMILES string of the molecule is C[C@@H]1CCC[N+]1(C(=O)NC(=O)c1ccccc1)C(=O)[C@H](CC1CCCC1)CN(O)C=O. The molecule has 1 aromatic carbocycles. The maximum Gasteiger partial charge on any atom is 0.431 e. The van der Waals surface area contributed by atoms with E-state index in [1.807, 2.05) is 6.92 Å². The van der Waals surface area contributed by atoms with Crippen LogP contribution in [-0.4, -0.2) is 58.1 Å². The van der Waals surface area contributed by atoms with Gasteiger partial charge in [-0.2, -0.15) is 4.48 Å². The zero-order valence-corrected chi connectivity index (χ0v) is 18.0. The highest BCUT2D eigenvalue weighted by atomic mass is 16.5. The molecule has 2 N–H and O–H groups in total. The van der Waals surface area contributed by atoms with Crippen molar-refractivity contribution < 1.29 is 28.9 Å². The molecule has 0 spiro atoms. The van der Waals surface area contributed by atoms with Crippen molar-refractivity contribution in [2.45, 2.75) is 57.9 Å². The van der Waals surface area contributed by atoms with Gasteiger partial charge in [0.1, 0.15) is 6.04 Å². The van der Waals surface area contributed by atoms with Crippen molar-refractivity contribution >= 4 is 24.3 Å². The standard InChI is InChI=1S/C23H31N3O5/c1-17-8-7-13-26(17,23(30)24-21(28)19-11-3-2-4-12-19)22(29)20(15-25(31)16-27)14-18-9-5-6-10-18/h2-4,11-12,16-18,20,31H,5-10,13-15H2,1H3/p+1/t17-,20-,26?/m1/s1. The molecule has 2 fully saturated rings. The van der Waals surface area contributed by atoms with Gasteiger partial charge >= 0.3 is 11.9 Å². The third kappa shape index (κ3) is 5.02. The number of nitrogens with one attached hydrogen (secondary N) is 1. The Bertz CT molecular complexity index is 809. The molecule has 2 aliphatic rings. The molecule has 1 saturated carbocycles. The highest BCUT2D eigenvalue weighted by molar-refractivity contribution is 6.04. The first-order valence-electron chi connectivity index (χ1n) is 11.1. The number of amides is 5. The topological polar surface area (TPSA) is 104 Å². The van der Waals surface area contributed by atoms with E-state index < -0.39 is 22.3 Å². The molecule has 1 unspecified atom stereocenters. The number of hydrogen-bond acceptors (Lipinski definition) is 5. The van der Waals surface area contributed by atoms with Crippen LogP contribution >= 0.6 is 0 Å². The van der Waals surface area contributed by atoms with Crippen LogP contribution in [0.2, 0.25) is 0 Å². The predicted octanol–water partition coefficient (Wildman–Crippen LogP) is 3.11. The Morgan fingerprint density at radius 3 is 2.42 bits per heavy atom. The molecule has 3 atom stereocenters. The van der Waals surface area contributed by atoms with E-state index in [1.165, 1.54) is 0 Å². The molecule has 5 amide bonds. The number of hydroxylamine groups is 2. The molecule has 8 nitrogen and oxygen atoms in total. The average molecular weight is 431 g/mol. The molecule has 0 aromatic heterocycles. The minimum atomic E-state index is -0.670. The van der Waals surface area contributed by atoms with Crippen LogP contribution in [0, 0.1) is 11.8 Å². The van der Waals surface area contributed by atoms with Gasteiger partial charge in [-0.3, -0.25) is 14.8 Å². The summed E-state index contributed by atoms with van der Waals surface area (Å²) in [6.07, 6.45) is 6.39. The number of benzene rings is 1. The zero-order valence-electron chi connectivity index (χ0n) is 18.0. The van der Waals surface area contributed by atoms with Crippen molar-refractivity contribution in [3.05, 3.63) is 35.9 Å². The Morgan fingerprint density at radius 1 is 1.16 bits per heavy atom. The molecule has 1 aromatic rings. The lowest BCUT2D eigenvalue weighted by molar-refractivity contribution is -0.786. The van der Waals surface area contributed by atoms with E-state index in [-0.39, 0.29) is 24.9 Å². The van der Waals surface area contributed by atoms with Crippen LogP contribution in [-0.2, 0) is 9.59 Å². The summed E-state index contributed by atoms with van der Waals surface area (Å²) in [6, 6.07) is 7.50. The molecular weight excluding hydrogens is 398 g/mol. The Labute approximate surface area is 182 Å². The van der Waals surface area contributed by atoms with Crippen molar-refractivity contribution in [1.29, 1.82) is 0 Å². The van der Waals surface area contributed by atoms with Crippen LogP contribution < -0.4 is 5.32 Å². The fourth-order valence-electron chi connectivity index (χ4n) is 5.16. The van der Waals surface area contributed by atoms with Gasteiger partial charge < -0.3 is 0 Å². The summed E-state index contributed by atoms with van der Waals surface area (Å²) < 4.78 is -0.470. The Kier molecular flexibility index (Phi) is 7.56. The molecular formula is C23H32N3O5+. The van der Waals surface area contributed by atoms with Crippen LogP contribution in [0.25, 0.3) is 0 Å². The number of carbonyl (C=O) groups is 4. The summed E-state index contributed by atoms with van der Waals surface area (Å²) in [5.41, 5.74) is 0.346. The quantitative estimate of drug-likeness (QED) is 0.299. The molecule has 1 saturated heterocycles. The maximum absolute atomic E-state index is 13.8. The lowest BCUT2D eigenvalue weighted by Gasteiger charge is -2.36. The molecule has 1 heterocycles. The highest BCUT2D eigenvalue weighted by Gasteiger charge is 2.55. The predicted molar refractivity (Wildman–Crippen MR) is 113 cm³/mol. The van der Waals surface area contributed by atoms with Gasteiger partial charge in [-0.25, -0.2) is 20.0 Å². The number of carbonyl (C=O) groups excluding carboxylic acids is 4. The molecule has 31 heavy (non-hydrogen) atoms. The van der Waals surface area contributed by atoms with Gasteiger partial charge in [-0.05, 0) is 31.4 Å². The molecule has 8 heteroatoms. The number of nitrogens with zero attached hydrogens (tertiary/aromatic N) is 2. The summed E-state index contributed by atoms with van der Waals surface area (Å²) in [6.45, 7) is 2.01. The maximum atomic E-state index is 13.8. The fourth-order valence-corrected chi connectivity index (χ4v) is 5.16. The van der Waals surface area contributed by atoms with Crippen LogP contribution in [0.4, 0.5) is 4.79 Å². The van der Waals surface area contributed by atoms with Crippen LogP contribution in [0.3, 0.4) is 0 Å². The molecule has 3 rings (SSSR count). The second-order valence-electron chi connectivity index (χ2n) is 8.86. The number of quaternary nitrogens is 1. The van der Waals surface area contributed by atoms with E-state index in [0.29, 0.717) is 42.4 Å².